The molecular weight excluding hydrogens is 388 g/mol. The molecule has 1 aromatic rings. The van der Waals surface area contributed by atoms with Crippen LogP contribution in [-0.2, 0) is 26.8 Å². The van der Waals surface area contributed by atoms with Gasteiger partial charge in [-0.25, -0.2) is 0 Å². The highest BCUT2D eigenvalue weighted by Gasteiger charge is 2.27. The fourth-order valence-corrected chi connectivity index (χ4v) is 2.63. The number of aliphatic hydroxyl groups is 4. The fraction of sp³-hybridized carbons (Fsp3) is 0.696. The molecule has 0 atom stereocenters. The van der Waals surface area contributed by atoms with Gasteiger partial charge < -0.3 is 30.3 Å². The second-order valence-electron chi connectivity index (χ2n) is 9.75. The molecule has 7 heteroatoms. The average Bonchev–Trinajstić information content (AvgIpc) is 2.67. The van der Waals surface area contributed by atoms with Gasteiger partial charge in [-0.3, -0.25) is 4.79 Å². The normalized spacial score (nSPS) is 12.2. The predicted octanol–water partition coefficient (Wildman–Crippen LogP) is 2.03. The molecule has 0 radical (unpaired) electrons. The van der Waals surface area contributed by atoms with E-state index in [4.69, 9.17) is 25.2 Å². The summed E-state index contributed by atoms with van der Waals surface area (Å²) in [6.45, 7) is 10.9. The van der Waals surface area contributed by atoms with E-state index < -0.39 is 31.8 Å². The van der Waals surface area contributed by atoms with Crippen molar-refractivity contribution < 1.29 is 35.1 Å². The van der Waals surface area contributed by atoms with Crippen LogP contribution in [0.2, 0.25) is 0 Å². The van der Waals surface area contributed by atoms with E-state index in [1.54, 1.807) is 0 Å². The quantitative estimate of drug-likeness (QED) is 0.421. The van der Waals surface area contributed by atoms with Gasteiger partial charge in [-0.2, -0.15) is 0 Å². The first-order valence-corrected chi connectivity index (χ1v) is 10.1. The van der Waals surface area contributed by atoms with Crippen molar-refractivity contribution in [3.05, 3.63) is 28.8 Å². The first kappa shape index (κ1) is 28.3. The van der Waals surface area contributed by atoms with E-state index in [2.05, 4.69) is 41.5 Å². The van der Waals surface area contributed by atoms with Crippen molar-refractivity contribution in [2.24, 2.45) is 5.41 Å². The van der Waals surface area contributed by atoms with Crippen LogP contribution in [0.5, 0.6) is 5.75 Å². The number of rotatable bonds is 7. The lowest BCUT2D eigenvalue weighted by Crippen LogP contribution is -2.37. The number of phenolic OH excluding ortho intramolecular Hbond substituents is 1. The molecule has 0 unspecified atom stereocenters. The Bertz CT molecular complexity index is 613. The first-order chi connectivity index (χ1) is 13.7. The molecule has 0 bridgehead atoms. The van der Waals surface area contributed by atoms with E-state index >= 15 is 0 Å². The zero-order valence-electron chi connectivity index (χ0n) is 19.4. The number of hydrogen-bond acceptors (Lipinski definition) is 7. The molecule has 0 saturated heterocycles. The molecule has 0 saturated carbocycles. The van der Waals surface area contributed by atoms with Crippen molar-refractivity contribution in [2.45, 2.75) is 65.2 Å². The molecule has 0 aromatic heterocycles. The van der Waals surface area contributed by atoms with Crippen molar-refractivity contribution in [1.29, 1.82) is 0 Å². The van der Waals surface area contributed by atoms with Gasteiger partial charge in [0, 0.05) is 6.42 Å². The molecule has 0 fully saturated rings. The Morgan fingerprint density at radius 2 is 1.20 bits per heavy atom. The number of esters is 1. The summed E-state index contributed by atoms with van der Waals surface area (Å²) in [5.74, 6) is 0.162. The maximum Gasteiger partial charge on any atom is 0.305 e. The first-order valence-electron chi connectivity index (χ1n) is 10.1. The minimum absolute atomic E-state index is 0.147. The third-order valence-electron chi connectivity index (χ3n) is 4.97. The van der Waals surface area contributed by atoms with Crippen molar-refractivity contribution in [3.8, 4) is 5.75 Å². The number of ether oxygens (including phenoxy) is 1. The minimum atomic E-state index is -1.11. The Balaban J connectivity index is 0.000000787. The second kappa shape index (κ2) is 11.6. The van der Waals surface area contributed by atoms with E-state index in [-0.39, 0.29) is 16.8 Å². The molecule has 7 nitrogen and oxygen atoms in total. The number of phenols is 1. The molecule has 0 aliphatic carbocycles. The molecular formula is C23H40O7. The topological polar surface area (TPSA) is 127 Å². The Labute approximate surface area is 180 Å². The lowest BCUT2D eigenvalue weighted by Gasteiger charge is -2.28. The van der Waals surface area contributed by atoms with Crippen molar-refractivity contribution in [2.75, 3.05) is 33.5 Å². The molecule has 0 amide bonds. The van der Waals surface area contributed by atoms with Crippen LogP contribution in [0.1, 0.15) is 64.7 Å². The lowest BCUT2D eigenvalue weighted by atomic mass is 9.78. The summed E-state index contributed by atoms with van der Waals surface area (Å²) in [6, 6.07) is 4.01. The lowest BCUT2D eigenvalue weighted by molar-refractivity contribution is -0.140. The Morgan fingerprint density at radius 3 is 1.43 bits per heavy atom. The van der Waals surface area contributed by atoms with Crippen molar-refractivity contribution >= 4 is 5.97 Å². The van der Waals surface area contributed by atoms with Crippen molar-refractivity contribution in [3.63, 3.8) is 0 Å². The molecule has 0 aliphatic heterocycles. The maximum atomic E-state index is 11.3. The smallest absolute Gasteiger partial charge is 0.305 e. The molecule has 0 heterocycles. The summed E-state index contributed by atoms with van der Waals surface area (Å²) in [4.78, 5) is 11.3. The van der Waals surface area contributed by atoms with Gasteiger partial charge in [0.2, 0.25) is 0 Å². The number of carbonyl (C=O) groups is 1. The predicted molar refractivity (Wildman–Crippen MR) is 117 cm³/mol. The number of aliphatic hydroxyl groups excluding tert-OH is 4. The van der Waals surface area contributed by atoms with Crippen LogP contribution in [-0.4, -0.2) is 65.0 Å². The number of methoxy groups -OCH3 is 1. The van der Waals surface area contributed by atoms with Gasteiger partial charge in [0.1, 0.15) is 5.75 Å². The van der Waals surface area contributed by atoms with E-state index in [0.29, 0.717) is 18.6 Å². The van der Waals surface area contributed by atoms with Gasteiger partial charge in [0.25, 0.3) is 0 Å². The van der Waals surface area contributed by atoms with E-state index in [1.165, 1.54) is 7.11 Å². The molecule has 1 aromatic carbocycles. The number of carbonyl (C=O) groups excluding carboxylic acids is 1. The summed E-state index contributed by atoms with van der Waals surface area (Å²) in [5.41, 5.74) is 1.51. The number of hydrogen-bond donors (Lipinski definition) is 5. The fourth-order valence-electron chi connectivity index (χ4n) is 2.63. The van der Waals surface area contributed by atoms with Gasteiger partial charge in [-0.1, -0.05) is 53.7 Å². The van der Waals surface area contributed by atoms with Crippen LogP contribution in [0.15, 0.2) is 12.1 Å². The summed E-state index contributed by atoms with van der Waals surface area (Å²) in [7, 11) is 1.40. The molecule has 1 rings (SSSR count). The van der Waals surface area contributed by atoms with E-state index in [1.807, 2.05) is 12.1 Å². The van der Waals surface area contributed by atoms with Crippen LogP contribution >= 0.6 is 0 Å². The zero-order valence-corrected chi connectivity index (χ0v) is 19.4. The third kappa shape index (κ3) is 8.22. The minimum Gasteiger partial charge on any atom is -0.507 e. The van der Waals surface area contributed by atoms with Crippen LogP contribution < -0.4 is 0 Å². The zero-order chi connectivity index (χ0) is 23.8. The summed E-state index contributed by atoms with van der Waals surface area (Å²) < 4.78 is 4.70. The highest BCUT2D eigenvalue weighted by Crippen LogP contribution is 2.39. The molecule has 174 valence electrons. The molecule has 0 aliphatic rings. The molecule has 30 heavy (non-hydrogen) atoms. The second-order valence-corrected chi connectivity index (χ2v) is 9.75. The van der Waals surface area contributed by atoms with Crippen LogP contribution in [0, 0.1) is 5.41 Å². The Morgan fingerprint density at radius 1 is 0.833 bits per heavy atom. The molecule has 0 spiro atoms. The van der Waals surface area contributed by atoms with Gasteiger partial charge >= 0.3 is 5.97 Å². The number of benzene rings is 1. The van der Waals surface area contributed by atoms with Gasteiger partial charge in [-0.15, -0.1) is 0 Å². The van der Waals surface area contributed by atoms with Gasteiger partial charge in [0.15, 0.2) is 0 Å². The number of aromatic hydroxyl groups is 1. The van der Waals surface area contributed by atoms with Crippen LogP contribution in [0.3, 0.4) is 0 Å². The summed E-state index contributed by atoms with van der Waals surface area (Å²) in [5, 5.41) is 44.6. The van der Waals surface area contributed by atoms with E-state index in [0.717, 1.165) is 16.7 Å². The van der Waals surface area contributed by atoms with Gasteiger partial charge in [-0.05, 0) is 33.9 Å². The maximum absolute atomic E-state index is 11.3. The third-order valence-corrected chi connectivity index (χ3v) is 4.97. The largest absolute Gasteiger partial charge is 0.507 e. The Kier molecular flexibility index (Phi) is 11.0. The molecule has 5 N–H and O–H groups in total. The monoisotopic (exact) mass is 428 g/mol. The number of aryl methyl sites for hydroxylation is 1. The average molecular weight is 429 g/mol. The summed E-state index contributed by atoms with van der Waals surface area (Å²) >= 11 is 0. The SMILES string of the molecule is COC(=O)CCc1cc(C(C)(C)C)c(O)c(C(C)(C)C)c1.OCC(CO)(CO)CO. The van der Waals surface area contributed by atoms with Crippen molar-refractivity contribution in [1.82, 2.24) is 0 Å². The van der Waals surface area contributed by atoms with Crippen LogP contribution in [0.25, 0.3) is 0 Å². The summed E-state index contributed by atoms with van der Waals surface area (Å²) in [6.07, 6.45) is 0.980. The highest BCUT2D eigenvalue weighted by molar-refractivity contribution is 5.69. The van der Waals surface area contributed by atoms with E-state index in [9.17, 15) is 9.90 Å². The van der Waals surface area contributed by atoms with Gasteiger partial charge in [0.05, 0.1) is 39.0 Å². The van der Waals surface area contributed by atoms with Crippen LogP contribution in [0.4, 0.5) is 0 Å². The standard InChI is InChI=1S/C18H28O3.C5H12O4/c1-17(2,3)13-10-12(8-9-15(19)21-7)11-14(16(13)20)18(4,5)6;6-1-5(2-7,3-8)4-9/h10-11,20H,8-9H2,1-7H3;6-9H,1-4H2. The highest BCUT2D eigenvalue weighted by atomic mass is 16.5. The Hall–Kier alpha value is -1.67.